The van der Waals surface area contributed by atoms with Crippen molar-refractivity contribution in [2.24, 2.45) is 0 Å². The van der Waals surface area contributed by atoms with Gasteiger partial charge in [-0.3, -0.25) is 9.78 Å². The van der Waals surface area contributed by atoms with Crippen LogP contribution in [0.5, 0.6) is 11.5 Å². The highest BCUT2D eigenvalue weighted by Gasteiger charge is 2.06. The molecule has 0 bridgehead atoms. The summed E-state index contributed by atoms with van der Waals surface area (Å²) in [5, 5.41) is 3.13. The van der Waals surface area contributed by atoms with Crippen LogP contribution in [0, 0.1) is 13.8 Å². The summed E-state index contributed by atoms with van der Waals surface area (Å²) in [6.45, 7) is 4.24. The Morgan fingerprint density at radius 2 is 1.91 bits per heavy atom. The number of aromatic nitrogens is 2. The molecule has 0 aliphatic heterocycles. The molecule has 22 heavy (non-hydrogen) atoms. The lowest BCUT2D eigenvalue weighted by molar-refractivity contribution is 0.354. The van der Waals surface area contributed by atoms with E-state index in [4.69, 9.17) is 9.47 Å². The first-order chi connectivity index (χ1) is 10.5. The van der Waals surface area contributed by atoms with Gasteiger partial charge in [0, 0.05) is 17.8 Å². The minimum Gasteiger partial charge on any atom is -0.493 e. The predicted molar refractivity (Wildman–Crippen MR) is 86.1 cm³/mol. The van der Waals surface area contributed by atoms with Crippen molar-refractivity contribution in [3.05, 3.63) is 45.4 Å². The topological polar surface area (TPSA) is 76.2 Å². The van der Waals surface area contributed by atoms with E-state index in [-0.39, 0.29) is 5.56 Å². The molecule has 2 aromatic rings. The van der Waals surface area contributed by atoms with Crippen molar-refractivity contribution in [3.8, 4) is 11.5 Å². The third-order valence-electron chi connectivity index (χ3n) is 3.55. The number of H-pyrrole nitrogens is 1. The van der Waals surface area contributed by atoms with Gasteiger partial charge in [0.2, 0.25) is 5.95 Å². The minimum absolute atomic E-state index is 0.110. The zero-order valence-corrected chi connectivity index (χ0v) is 13.3. The Balaban J connectivity index is 2.01. The smallest absolute Gasteiger partial charge is 0.255 e. The van der Waals surface area contributed by atoms with Gasteiger partial charge in [0.15, 0.2) is 11.5 Å². The number of rotatable bonds is 6. The van der Waals surface area contributed by atoms with Gasteiger partial charge in [0.05, 0.1) is 14.2 Å². The number of hydrogen-bond donors (Lipinski definition) is 2. The molecule has 0 saturated carbocycles. The van der Waals surface area contributed by atoms with Crippen molar-refractivity contribution in [3.63, 3.8) is 0 Å². The van der Waals surface area contributed by atoms with Gasteiger partial charge >= 0.3 is 0 Å². The molecule has 6 nitrogen and oxygen atoms in total. The average molecular weight is 303 g/mol. The van der Waals surface area contributed by atoms with Gasteiger partial charge in [0.1, 0.15) is 0 Å². The van der Waals surface area contributed by atoms with Crippen molar-refractivity contribution in [1.82, 2.24) is 9.97 Å². The summed E-state index contributed by atoms with van der Waals surface area (Å²) in [7, 11) is 3.23. The summed E-state index contributed by atoms with van der Waals surface area (Å²) in [4.78, 5) is 18.7. The summed E-state index contributed by atoms with van der Waals surface area (Å²) >= 11 is 0. The number of benzene rings is 1. The van der Waals surface area contributed by atoms with Crippen LogP contribution < -0.4 is 20.3 Å². The van der Waals surface area contributed by atoms with E-state index in [1.54, 1.807) is 21.1 Å². The molecule has 0 amide bonds. The molecule has 2 N–H and O–H groups in total. The highest BCUT2D eigenvalue weighted by Crippen LogP contribution is 2.27. The molecule has 1 aromatic heterocycles. The van der Waals surface area contributed by atoms with E-state index in [1.807, 2.05) is 25.1 Å². The van der Waals surface area contributed by atoms with E-state index in [1.165, 1.54) is 0 Å². The molecule has 0 radical (unpaired) electrons. The van der Waals surface area contributed by atoms with Crippen molar-refractivity contribution in [2.75, 3.05) is 26.1 Å². The number of anilines is 1. The lowest BCUT2D eigenvalue weighted by atomic mass is 10.1. The first-order valence-corrected chi connectivity index (χ1v) is 7.07. The summed E-state index contributed by atoms with van der Waals surface area (Å²) in [5.41, 5.74) is 2.38. The largest absolute Gasteiger partial charge is 0.493 e. The molecule has 6 heteroatoms. The van der Waals surface area contributed by atoms with Gasteiger partial charge in [0.25, 0.3) is 5.56 Å². The second-order valence-electron chi connectivity index (χ2n) is 4.99. The summed E-state index contributed by atoms with van der Waals surface area (Å²) in [6.07, 6.45) is 0.775. The van der Waals surface area contributed by atoms with E-state index in [0.717, 1.165) is 17.7 Å². The van der Waals surface area contributed by atoms with Crippen molar-refractivity contribution < 1.29 is 9.47 Å². The second kappa shape index (κ2) is 6.98. The maximum absolute atomic E-state index is 11.7. The molecule has 0 spiro atoms. The third-order valence-corrected chi connectivity index (χ3v) is 3.55. The van der Waals surface area contributed by atoms with E-state index < -0.39 is 0 Å². The molecule has 0 saturated heterocycles. The van der Waals surface area contributed by atoms with Crippen LogP contribution in [0.4, 0.5) is 5.95 Å². The molecule has 0 atom stereocenters. The molecular weight excluding hydrogens is 282 g/mol. The average Bonchev–Trinajstić information content (AvgIpc) is 2.52. The number of nitrogens with zero attached hydrogens (tertiary/aromatic N) is 1. The quantitative estimate of drug-likeness (QED) is 0.854. The van der Waals surface area contributed by atoms with Gasteiger partial charge in [-0.05, 0) is 38.0 Å². The molecule has 0 unspecified atom stereocenters. The number of aromatic amines is 1. The van der Waals surface area contributed by atoms with Gasteiger partial charge in [-0.1, -0.05) is 6.07 Å². The van der Waals surface area contributed by atoms with E-state index >= 15 is 0 Å². The van der Waals surface area contributed by atoms with E-state index in [2.05, 4.69) is 15.3 Å². The van der Waals surface area contributed by atoms with E-state index in [9.17, 15) is 4.79 Å². The zero-order valence-electron chi connectivity index (χ0n) is 13.3. The fraction of sp³-hybridized carbons (Fsp3) is 0.375. The maximum Gasteiger partial charge on any atom is 0.255 e. The maximum atomic E-state index is 11.7. The zero-order chi connectivity index (χ0) is 16.1. The normalized spacial score (nSPS) is 10.4. The Labute approximate surface area is 129 Å². The minimum atomic E-state index is -0.110. The number of ether oxygens (including phenoxy) is 2. The van der Waals surface area contributed by atoms with Crippen LogP contribution in [0.1, 0.15) is 16.8 Å². The van der Waals surface area contributed by atoms with Crippen LogP contribution in [-0.2, 0) is 6.42 Å². The number of methoxy groups -OCH3 is 2. The number of hydrogen-bond acceptors (Lipinski definition) is 5. The Kier molecular flexibility index (Phi) is 5.04. The predicted octanol–water partition coefficient (Wildman–Crippen LogP) is 2.06. The number of nitrogens with one attached hydrogen (secondary N) is 2. The molecule has 1 heterocycles. The van der Waals surface area contributed by atoms with Crippen LogP contribution in [0.3, 0.4) is 0 Å². The van der Waals surface area contributed by atoms with Gasteiger partial charge in [-0.15, -0.1) is 0 Å². The Morgan fingerprint density at radius 3 is 2.55 bits per heavy atom. The lowest BCUT2D eigenvalue weighted by Gasteiger charge is -2.10. The first kappa shape index (κ1) is 15.9. The van der Waals surface area contributed by atoms with Crippen LogP contribution in [0.15, 0.2) is 23.0 Å². The van der Waals surface area contributed by atoms with Gasteiger partial charge in [-0.25, -0.2) is 4.98 Å². The molecule has 0 aliphatic carbocycles. The van der Waals surface area contributed by atoms with Crippen molar-refractivity contribution >= 4 is 5.95 Å². The summed E-state index contributed by atoms with van der Waals surface area (Å²) < 4.78 is 10.5. The number of aryl methyl sites for hydroxylation is 1. The molecule has 118 valence electrons. The van der Waals surface area contributed by atoms with Crippen LogP contribution in [0.2, 0.25) is 0 Å². The lowest BCUT2D eigenvalue weighted by Crippen LogP contribution is -2.18. The highest BCUT2D eigenvalue weighted by molar-refractivity contribution is 5.43. The van der Waals surface area contributed by atoms with E-state index in [0.29, 0.717) is 29.6 Å². The van der Waals surface area contributed by atoms with Gasteiger partial charge in [-0.2, -0.15) is 0 Å². The molecule has 1 aromatic carbocycles. The summed E-state index contributed by atoms with van der Waals surface area (Å²) in [5.74, 6) is 1.91. The van der Waals surface area contributed by atoms with Gasteiger partial charge < -0.3 is 14.8 Å². The second-order valence-corrected chi connectivity index (χ2v) is 4.99. The summed E-state index contributed by atoms with van der Waals surface area (Å²) in [6, 6.07) is 5.81. The Hall–Kier alpha value is -2.50. The van der Waals surface area contributed by atoms with Crippen LogP contribution in [-0.4, -0.2) is 30.7 Å². The first-order valence-electron chi connectivity index (χ1n) is 7.07. The Bertz CT molecular complexity index is 710. The van der Waals surface area contributed by atoms with Crippen molar-refractivity contribution in [2.45, 2.75) is 20.3 Å². The Morgan fingerprint density at radius 1 is 1.18 bits per heavy atom. The highest BCUT2D eigenvalue weighted by atomic mass is 16.5. The monoisotopic (exact) mass is 303 g/mol. The van der Waals surface area contributed by atoms with Crippen LogP contribution >= 0.6 is 0 Å². The molecule has 0 fully saturated rings. The van der Waals surface area contributed by atoms with Crippen LogP contribution in [0.25, 0.3) is 0 Å². The fourth-order valence-corrected chi connectivity index (χ4v) is 2.09. The molecule has 2 rings (SSSR count). The third kappa shape index (κ3) is 3.58. The molecular formula is C16H21N3O3. The standard InChI is InChI=1S/C16H21N3O3/c1-10-11(2)18-16(19-15(10)20)17-8-7-12-5-6-13(21-3)14(9-12)22-4/h5-6,9H,7-8H2,1-4H3,(H2,17,18,19,20). The van der Waals surface area contributed by atoms with Crippen molar-refractivity contribution in [1.29, 1.82) is 0 Å². The fourth-order valence-electron chi connectivity index (χ4n) is 2.09. The SMILES string of the molecule is COc1ccc(CCNc2nc(C)c(C)c(=O)[nH]2)cc1OC. The molecule has 0 aliphatic rings.